The molecule has 1 aliphatic heterocycles. The lowest BCUT2D eigenvalue weighted by atomic mass is 9.71. The maximum absolute atomic E-state index is 13.0. The number of likely N-dealkylation sites (tertiary alicyclic amines) is 1. The van der Waals surface area contributed by atoms with Crippen molar-refractivity contribution in [2.45, 2.75) is 19.9 Å². The Labute approximate surface area is 133 Å². The Hall–Kier alpha value is -2.76. The summed E-state index contributed by atoms with van der Waals surface area (Å²) >= 11 is 0. The summed E-state index contributed by atoms with van der Waals surface area (Å²) in [6.07, 6.45) is 6.88. The Morgan fingerprint density at radius 3 is 2.91 bits per heavy atom. The molecule has 1 amide bonds. The molecular formula is C17H17N5O. The number of carbonyl (C=O) groups excluding carboxylic acids is 1. The topological polar surface area (TPSA) is 74.8 Å². The van der Waals surface area contributed by atoms with E-state index in [1.54, 1.807) is 24.7 Å². The summed E-state index contributed by atoms with van der Waals surface area (Å²) in [4.78, 5) is 23.3. The summed E-state index contributed by atoms with van der Waals surface area (Å²) in [6.45, 7) is 5.07. The van der Waals surface area contributed by atoms with E-state index >= 15 is 0 Å². The van der Waals surface area contributed by atoms with Crippen molar-refractivity contribution in [1.29, 1.82) is 0 Å². The van der Waals surface area contributed by atoms with Crippen LogP contribution in [0.25, 0.3) is 11.0 Å². The first-order chi connectivity index (χ1) is 11.1. The Bertz CT molecular complexity index is 871. The van der Waals surface area contributed by atoms with Crippen molar-refractivity contribution in [3.63, 3.8) is 0 Å². The molecule has 3 aromatic heterocycles. The van der Waals surface area contributed by atoms with Gasteiger partial charge in [-0.05, 0) is 17.7 Å². The summed E-state index contributed by atoms with van der Waals surface area (Å²) in [5, 5.41) is 7.55. The molecule has 6 nitrogen and oxygen atoms in total. The van der Waals surface area contributed by atoms with Gasteiger partial charge in [0.1, 0.15) is 0 Å². The minimum atomic E-state index is 0.00646. The predicted molar refractivity (Wildman–Crippen MR) is 85.7 cm³/mol. The largest absolute Gasteiger partial charge is 0.330 e. The van der Waals surface area contributed by atoms with Crippen LogP contribution in [0, 0.1) is 5.41 Å². The molecule has 0 radical (unpaired) electrons. The molecule has 4 rings (SSSR count). The van der Waals surface area contributed by atoms with Gasteiger partial charge in [0.05, 0.1) is 23.2 Å². The van der Waals surface area contributed by atoms with Gasteiger partial charge in [0.25, 0.3) is 5.91 Å². The smallest absolute Gasteiger partial charge is 0.255 e. The lowest BCUT2D eigenvalue weighted by Gasteiger charge is -2.54. The Balaban J connectivity index is 1.73. The van der Waals surface area contributed by atoms with E-state index < -0.39 is 0 Å². The average molecular weight is 307 g/mol. The third-order valence-corrected chi connectivity index (χ3v) is 4.48. The van der Waals surface area contributed by atoms with Crippen molar-refractivity contribution in [1.82, 2.24) is 25.1 Å². The number of amides is 1. The number of fused-ring (bicyclic) bond motifs is 1. The fraction of sp³-hybridized carbons (Fsp3) is 0.294. The molecule has 1 atom stereocenters. The van der Waals surface area contributed by atoms with Crippen LogP contribution in [0.15, 0.2) is 43.0 Å². The van der Waals surface area contributed by atoms with Gasteiger partial charge in [-0.2, -0.15) is 5.10 Å². The zero-order chi connectivity index (χ0) is 16.0. The van der Waals surface area contributed by atoms with Crippen molar-refractivity contribution < 1.29 is 4.79 Å². The van der Waals surface area contributed by atoms with Gasteiger partial charge in [-0.1, -0.05) is 19.9 Å². The van der Waals surface area contributed by atoms with E-state index in [4.69, 9.17) is 0 Å². The monoisotopic (exact) mass is 307 g/mol. The number of carbonyl (C=O) groups is 1. The van der Waals surface area contributed by atoms with Crippen LogP contribution in [0.1, 0.15) is 35.8 Å². The fourth-order valence-electron chi connectivity index (χ4n) is 3.48. The van der Waals surface area contributed by atoms with E-state index in [0.29, 0.717) is 17.8 Å². The van der Waals surface area contributed by atoms with Crippen LogP contribution in [0.3, 0.4) is 0 Å². The van der Waals surface area contributed by atoms with Crippen LogP contribution in [0.4, 0.5) is 0 Å². The molecule has 23 heavy (non-hydrogen) atoms. The average Bonchev–Trinajstić information content (AvgIpc) is 3.01. The van der Waals surface area contributed by atoms with Crippen molar-refractivity contribution in [2.24, 2.45) is 5.41 Å². The van der Waals surface area contributed by atoms with Gasteiger partial charge in [0.2, 0.25) is 0 Å². The quantitative estimate of drug-likeness (QED) is 0.789. The number of aromatic amines is 1. The van der Waals surface area contributed by atoms with Gasteiger partial charge < -0.3 is 4.90 Å². The number of H-pyrrole nitrogens is 1. The molecule has 4 heterocycles. The van der Waals surface area contributed by atoms with Crippen LogP contribution in [-0.2, 0) is 0 Å². The molecule has 1 fully saturated rings. The van der Waals surface area contributed by atoms with Crippen LogP contribution >= 0.6 is 0 Å². The Morgan fingerprint density at radius 1 is 1.30 bits per heavy atom. The number of aromatic nitrogens is 4. The number of nitrogens with one attached hydrogen (secondary N) is 1. The summed E-state index contributed by atoms with van der Waals surface area (Å²) in [6, 6.07) is 5.72. The lowest BCUT2D eigenvalue weighted by molar-refractivity contribution is -0.0322. The molecule has 1 unspecified atom stereocenters. The van der Waals surface area contributed by atoms with E-state index in [-0.39, 0.29) is 17.4 Å². The van der Waals surface area contributed by atoms with E-state index in [1.807, 2.05) is 23.2 Å². The van der Waals surface area contributed by atoms with Crippen LogP contribution in [-0.4, -0.2) is 37.5 Å². The van der Waals surface area contributed by atoms with Crippen LogP contribution in [0.2, 0.25) is 0 Å². The standard InChI is InChI=1S/C17H17N5O/c1-17(2)10-22(14(17)11-4-3-6-18-8-11)16(23)12-5-7-19-15-13(12)9-20-21-15/h3-9,14H,10H2,1-2H3,(H,19,20,21). The molecule has 0 spiro atoms. The highest BCUT2D eigenvalue weighted by atomic mass is 16.2. The lowest BCUT2D eigenvalue weighted by Crippen LogP contribution is -2.57. The molecule has 116 valence electrons. The van der Waals surface area contributed by atoms with Gasteiger partial charge in [-0.25, -0.2) is 4.98 Å². The Kier molecular flexibility index (Phi) is 2.94. The van der Waals surface area contributed by atoms with Crippen molar-refractivity contribution >= 4 is 16.9 Å². The summed E-state index contributed by atoms with van der Waals surface area (Å²) < 4.78 is 0. The normalized spacial score (nSPS) is 19.6. The Morgan fingerprint density at radius 2 is 2.17 bits per heavy atom. The van der Waals surface area contributed by atoms with E-state index in [1.165, 1.54) is 0 Å². The van der Waals surface area contributed by atoms with E-state index in [0.717, 1.165) is 10.9 Å². The first-order valence-electron chi connectivity index (χ1n) is 7.57. The zero-order valence-corrected chi connectivity index (χ0v) is 13.0. The van der Waals surface area contributed by atoms with Gasteiger partial charge in [0, 0.05) is 30.6 Å². The number of hydrogen-bond acceptors (Lipinski definition) is 4. The maximum atomic E-state index is 13.0. The van der Waals surface area contributed by atoms with Crippen molar-refractivity contribution in [2.75, 3.05) is 6.54 Å². The number of pyridine rings is 2. The molecule has 1 saturated heterocycles. The minimum absolute atomic E-state index is 0.00646. The summed E-state index contributed by atoms with van der Waals surface area (Å²) in [5.41, 5.74) is 2.36. The molecule has 0 bridgehead atoms. The molecule has 1 aliphatic rings. The predicted octanol–water partition coefficient (Wildman–Crippen LogP) is 2.58. The van der Waals surface area contributed by atoms with Crippen LogP contribution < -0.4 is 0 Å². The number of hydrogen-bond donors (Lipinski definition) is 1. The SMILES string of the molecule is CC1(C)CN(C(=O)c2ccnc3[nH]ncc23)C1c1cccnc1. The molecular weight excluding hydrogens is 290 g/mol. The van der Waals surface area contributed by atoms with Gasteiger partial charge in [-0.3, -0.25) is 14.9 Å². The molecule has 0 aliphatic carbocycles. The maximum Gasteiger partial charge on any atom is 0.255 e. The van der Waals surface area contributed by atoms with E-state index in [2.05, 4.69) is 34.0 Å². The fourth-order valence-corrected chi connectivity index (χ4v) is 3.48. The summed E-state index contributed by atoms with van der Waals surface area (Å²) in [5.74, 6) is 0.00646. The molecule has 1 N–H and O–H groups in total. The zero-order valence-electron chi connectivity index (χ0n) is 13.0. The number of rotatable bonds is 2. The highest BCUT2D eigenvalue weighted by molar-refractivity contribution is 6.05. The molecule has 0 saturated carbocycles. The first-order valence-corrected chi connectivity index (χ1v) is 7.57. The minimum Gasteiger partial charge on any atom is -0.330 e. The second kappa shape index (κ2) is 4.87. The third kappa shape index (κ3) is 2.10. The van der Waals surface area contributed by atoms with Gasteiger partial charge >= 0.3 is 0 Å². The highest BCUT2D eigenvalue weighted by Crippen LogP contribution is 2.48. The molecule has 0 aromatic carbocycles. The number of nitrogens with zero attached hydrogens (tertiary/aromatic N) is 4. The first kappa shape index (κ1) is 13.9. The summed E-state index contributed by atoms with van der Waals surface area (Å²) in [7, 11) is 0. The van der Waals surface area contributed by atoms with E-state index in [9.17, 15) is 4.79 Å². The van der Waals surface area contributed by atoms with Gasteiger partial charge in [0.15, 0.2) is 5.65 Å². The van der Waals surface area contributed by atoms with Gasteiger partial charge in [-0.15, -0.1) is 0 Å². The second-order valence-electron chi connectivity index (χ2n) is 6.60. The van der Waals surface area contributed by atoms with Crippen molar-refractivity contribution in [3.05, 3.63) is 54.1 Å². The van der Waals surface area contributed by atoms with Crippen molar-refractivity contribution in [3.8, 4) is 0 Å². The molecule has 6 heteroatoms. The third-order valence-electron chi connectivity index (χ3n) is 4.48. The highest BCUT2D eigenvalue weighted by Gasteiger charge is 2.49. The van der Waals surface area contributed by atoms with Crippen LogP contribution in [0.5, 0.6) is 0 Å². The second-order valence-corrected chi connectivity index (χ2v) is 6.60. The molecule has 3 aromatic rings.